The number of H-pyrrole nitrogens is 2. The molecule has 0 radical (unpaired) electrons. The summed E-state index contributed by atoms with van der Waals surface area (Å²) in [5, 5.41) is 0.532. The number of hydrogen-bond donors (Lipinski definition) is 2. The fourth-order valence-corrected chi connectivity index (χ4v) is 1.83. The van der Waals surface area contributed by atoms with E-state index < -0.39 is 22.2 Å². The largest absolute Gasteiger partial charge is 0.288 e. The molecule has 0 aliphatic carbocycles. The van der Waals surface area contributed by atoms with Gasteiger partial charge in [0.1, 0.15) is 0 Å². The number of benzene rings is 1. The Balaban J connectivity index is 0.000000354. The summed E-state index contributed by atoms with van der Waals surface area (Å²) >= 11 is 0. The second kappa shape index (κ2) is 7.31. The highest BCUT2D eigenvalue weighted by Gasteiger charge is 2.12. The van der Waals surface area contributed by atoms with E-state index in [2.05, 4.69) is 9.97 Å². The summed E-state index contributed by atoms with van der Waals surface area (Å²) in [5.41, 5.74) is -2.19. The molecule has 0 unspecified atom stereocenters. The van der Waals surface area contributed by atoms with Crippen molar-refractivity contribution in [1.29, 1.82) is 0 Å². The van der Waals surface area contributed by atoms with Gasteiger partial charge in [0.15, 0.2) is 0 Å². The molecule has 2 heterocycles. The van der Waals surface area contributed by atoms with E-state index in [1.165, 1.54) is 12.1 Å². The highest BCUT2D eigenvalue weighted by Crippen LogP contribution is 2.12. The Kier molecular flexibility index (Phi) is 5.74. The first kappa shape index (κ1) is 17.3. The van der Waals surface area contributed by atoms with Crippen LogP contribution in [0.25, 0.3) is 21.5 Å². The van der Waals surface area contributed by atoms with Crippen LogP contribution >= 0.6 is 0 Å². The average Bonchev–Trinajstić information content (AvgIpc) is 2.97. The van der Waals surface area contributed by atoms with Crippen LogP contribution in [-0.2, 0) is 0 Å². The number of nitrogens with one attached hydrogen (secondary N) is 2. The summed E-state index contributed by atoms with van der Waals surface area (Å²) in [5.74, 6) is 0. The third-order valence-corrected chi connectivity index (χ3v) is 2.92. The van der Waals surface area contributed by atoms with Crippen LogP contribution < -0.4 is 22.2 Å². The molecule has 2 aromatic heterocycles. The van der Waals surface area contributed by atoms with E-state index in [0.29, 0.717) is 0 Å². The molecule has 0 fully saturated rings. The SMILES string of the molecule is CC.CC=CC.O=c1[nH]c(=O)c2cc3c(=O)[nH]c(=O)c3cc12. The predicted octanol–water partition coefficient (Wildman–Crippen LogP) is 1.57. The zero-order valence-electron chi connectivity index (χ0n) is 12.9. The van der Waals surface area contributed by atoms with Crippen LogP contribution in [0, 0.1) is 0 Å². The number of allylic oxidation sites excluding steroid dienone is 2. The highest BCUT2D eigenvalue weighted by atomic mass is 16.2. The van der Waals surface area contributed by atoms with Gasteiger partial charge < -0.3 is 0 Å². The monoisotopic (exact) mass is 302 g/mol. The van der Waals surface area contributed by atoms with Gasteiger partial charge in [-0.3, -0.25) is 29.1 Å². The van der Waals surface area contributed by atoms with Gasteiger partial charge in [-0.1, -0.05) is 26.0 Å². The molecule has 116 valence electrons. The van der Waals surface area contributed by atoms with E-state index >= 15 is 0 Å². The average molecular weight is 302 g/mol. The third kappa shape index (κ3) is 3.11. The van der Waals surface area contributed by atoms with Crippen LogP contribution in [0.4, 0.5) is 0 Å². The highest BCUT2D eigenvalue weighted by molar-refractivity contribution is 5.97. The van der Waals surface area contributed by atoms with Crippen molar-refractivity contribution in [1.82, 2.24) is 9.97 Å². The molecular weight excluding hydrogens is 284 g/mol. The van der Waals surface area contributed by atoms with Gasteiger partial charge in [0.05, 0.1) is 21.5 Å². The molecule has 22 heavy (non-hydrogen) atoms. The van der Waals surface area contributed by atoms with E-state index in [9.17, 15) is 19.2 Å². The molecule has 3 aromatic rings. The topological polar surface area (TPSA) is 99.9 Å². The van der Waals surface area contributed by atoms with Crippen molar-refractivity contribution >= 4 is 21.5 Å². The molecule has 0 saturated carbocycles. The number of rotatable bonds is 0. The molecular formula is C16H18N2O4. The lowest BCUT2D eigenvalue weighted by atomic mass is 10.1. The summed E-state index contributed by atoms with van der Waals surface area (Å²) in [6.07, 6.45) is 4.00. The van der Waals surface area contributed by atoms with Gasteiger partial charge in [0, 0.05) is 0 Å². The molecule has 0 saturated heterocycles. The van der Waals surface area contributed by atoms with Gasteiger partial charge in [-0.25, -0.2) is 0 Å². The molecule has 0 aliphatic rings. The molecule has 0 aliphatic heterocycles. The van der Waals surface area contributed by atoms with E-state index in [4.69, 9.17) is 0 Å². The maximum Gasteiger partial charge on any atom is 0.258 e. The minimum Gasteiger partial charge on any atom is -0.288 e. The Labute approximate surface area is 125 Å². The first-order chi connectivity index (χ1) is 10.5. The lowest BCUT2D eigenvalue weighted by Crippen LogP contribution is -2.06. The summed E-state index contributed by atoms with van der Waals surface area (Å²) in [7, 11) is 0. The molecule has 0 amide bonds. The van der Waals surface area contributed by atoms with Crippen molar-refractivity contribution in [2.24, 2.45) is 0 Å². The molecule has 6 nitrogen and oxygen atoms in total. The van der Waals surface area contributed by atoms with Crippen LogP contribution in [0.2, 0.25) is 0 Å². The van der Waals surface area contributed by atoms with Gasteiger partial charge in [-0.05, 0) is 26.0 Å². The summed E-state index contributed by atoms with van der Waals surface area (Å²) in [6.45, 7) is 8.00. The van der Waals surface area contributed by atoms with Gasteiger partial charge in [0.2, 0.25) is 0 Å². The van der Waals surface area contributed by atoms with Gasteiger partial charge in [-0.15, -0.1) is 0 Å². The molecule has 0 atom stereocenters. The fraction of sp³-hybridized carbons (Fsp3) is 0.250. The second-order valence-electron chi connectivity index (χ2n) is 4.18. The van der Waals surface area contributed by atoms with Crippen LogP contribution in [0.5, 0.6) is 0 Å². The molecule has 2 N–H and O–H groups in total. The number of aromatic amines is 2. The van der Waals surface area contributed by atoms with E-state index in [-0.39, 0.29) is 21.5 Å². The van der Waals surface area contributed by atoms with Crippen LogP contribution in [-0.4, -0.2) is 9.97 Å². The quantitative estimate of drug-likeness (QED) is 0.616. The molecule has 3 rings (SSSR count). The van der Waals surface area contributed by atoms with Gasteiger partial charge in [0.25, 0.3) is 22.2 Å². The van der Waals surface area contributed by atoms with Crippen molar-refractivity contribution < 1.29 is 0 Å². The summed E-state index contributed by atoms with van der Waals surface area (Å²) < 4.78 is 0. The lowest BCUT2D eigenvalue weighted by Gasteiger charge is -1.86. The minimum absolute atomic E-state index is 0.133. The Morgan fingerprint density at radius 1 is 0.636 bits per heavy atom. The normalized spacial score (nSPS) is 10.4. The number of fused-ring (bicyclic) bond motifs is 2. The summed E-state index contributed by atoms with van der Waals surface area (Å²) in [6, 6.07) is 2.54. The summed E-state index contributed by atoms with van der Waals surface area (Å²) in [4.78, 5) is 49.4. The maximum atomic E-state index is 11.3. The van der Waals surface area contributed by atoms with Crippen molar-refractivity contribution in [3.05, 3.63) is 65.7 Å². The Morgan fingerprint density at radius 2 is 0.864 bits per heavy atom. The molecule has 1 aromatic carbocycles. The predicted molar refractivity (Wildman–Crippen MR) is 89.4 cm³/mol. The Morgan fingerprint density at radius 3 is 1.05 bits per heavy atom. The van der Waals surface area contributed by atoms with Gasteiger partial charge in [-0.2, -0.15) is 0 Å². The lowest BCUT2D eigenvalue weighted by molar-refractivity contribution is 1.26. The van der Waals surface area contributed by atoms with Crippen molar-refractivity contribution in [3.63, 3.8) is 0 Å². The number of hydrogen-bond acceptors (Lipinski definition) is 4. The van der Waals surface area contributed by atoms with Crippen molar-refractivity contribution in [2.45, 2.75) is 27.7 Å². The standard InChI is InChI=1S/C10H4N2O4.C4H8.C2H6/c13-7-3-1-4-6(10(16)12-8(4)14)2-5(3)9(15)11-7;1-3-4-2;1-2/h1-2H,(H,11,13,15)(H,12,14,16);3-4H,1-2H3;1-2H3. The van der Waals surface area contributed by atoms with E-state index in [0.717, 1.165) is 0 Å². The van der Waals surface area contributed by atoms with E-state index in [1.807, 2.05) is 39.8 Å². The van der Waals surface area contributed by atoms with Crippen molar-refractivity contribution in [3.8, 4) is 0 Å². The van der Waals surface area contributed by atoms with Crippen LogP contribution in [0.1, 0.15) is 27.7 Å². The van der Waals surface area contributed by atoms with Crippen LogP contribution in [0.3, 0.4) is 0 Å². The molecule has 0 bridgehead atoms. The maximum absolute atomic E-state index is 11.3. The molecule has 6 heteroatoms. The first-order valence-electron chi connectivity index (χ1n) is 6.96. The minimum atomic E-state index is -0.546. The smallest absolute Gasteiger partial charge is 0.258 e. The Bertz CT molecular complexity index is 848. The molecule has 0 spiro atoms. The Hall–Kier alpha value is -2.76. The first-order valence-corrected chi connectivity index (χ1v) is 6.96. The van der Waals surface area contributed by atoms with E-state index in [1.54, 1.807) is 0 Å². The zero-order chi connectivity index (χ0) is 16.9. The number of aromatic nitrogens is 2. The van der Waals surface area contributed by atoms with Crippen LogP contribution in [0.15, 0.2) is 43.5 Å². The van der Waals surface area contributed by atoms with Crippen molar-refractivity contribution in [2.75, 3.05) is 0 Å². The zero-order valence-corrected chi connectivity index (χ0v) is 12.9. The fourth-order valence-electron chi connectivity index (χ4n) is 1.83. The van der Waals surface area contributed by atoms with Gasteiger partial charge >= 0.3 is 0 Å². The third-order valence-electron chi connectivity index (χ3n) is 2.92. The second-order valence-corrected chi connectivity index (χ2v) is 4.18.